The van der Waals surface area contributed by atoms with Crippen LogP contribution in [0.1, 0.15) is 16.8 Å². The molecule has 0 amide bonds. The fourth-order valence-corrected chi connectivity index (χ4v) is 2.36. The van der Waals surface area contributed by atoms with Crippen LogP contribution in [0.3, 0.4) is 0 Å². The molecule has 0 saturated carbocycles. The zero-order valence-electron chi connectivity index (χ0n) is 14.8. The van der Waals surface area contributed by atoms with Crippen LogP contribution in [0.15, 0.2) is 41.5 Å². The molecule has 1 heterocycles. The summed E-state index contributed by atoms with van der Waals surface area (Å²) in [6, 6.07) is 10.6. The van der Waals surface area contributed by atoms with Gasteiger partial charge in [-0.15, -0.1) is 24.0 Å². The van der Waals surface area contributed by atoms with Crippen LogP contribution in [-0.4, -0.2) is 41.8 Å². The fourth-order valence-electron chi connectivity index (χ4n) is 2.36. The Balaban J connectivity index is 0.00000288. The largest absolute Gasteiger partial charge is 0.352 e. The highest BCUT2D eigenvalue weighted by atomic mass is 127. The van der Waals surface area contributed by atoms with Gasteiger partial charge in [0, 0.05) is 33.4 Å². The van der Waals surface area contributed by atoms with Gasteiger partial charge >= 0.3 is 0 Å². The van der Waals surface area contributed by atoms with E-state index < -0.39 is 0 Å². The molecule has 0 saturated heterocycles. The molecule has 0 aliphatic heterocycles. The SMILES string of the molecule is CN=C(NCc1cccc(CN(C)C)c1)NCc1ccnn1C.I. The van der Waals surface area contributed by atoms with Gasteiger partial charge in [0.2, 0.25) is 0 Å². The lowest BCUT2D eigenvalue weighted by Crippen LogP contribution is -2.36. The van der Waals surface area contributed by atoms with Gasteiger partial charge in [-0.1, -0.05) is 24.3 Å². The van der Waals surface area contributed by atoms with Crippen molar-refractivity contribution in [3.63, 3.8) is 0 Å². The molecular weight excluding hydrogens is 415 g/mol. The van der Waals surface area contributed by atoms with Gasteiger partial charge in [0.1, 0.15) is 0 Å². The number of aryl methyl sites for hydroxylation is 1. The summed E-state index contributed by atoms with van der Waals surface area (Å²) >= 11 is 0. The summed E-state index contributed by atoms with van der Waals surface area (Å²) in [6.07, 6.45) is 1.80. The van der Waals surface area contributed by atoms with Gasteiger partial charge in [0.15, 0.2) is 5.96 Å². The Labute approximate surface area is 161 Å². The molecule has 2 N–H and O–H groups in total. The minimum atomic E-state index is 0. The average molecular weight is 442 g/mol. The first-order valence-corrected chi connectivity index (χ1v) is 7.72. The van der Waals surface area contributed by atoms with Crippen molar-refractivity contribution in [1.82, 2.24) is 25.3 Å². The van der Waals surface area contributed by atoms with Crippen molar-refractivity contribution in [3.05, 3.63) is 53.3 Å². The van der Waals surface area contributed by atoms with Gasteiger partial charge in [-0.05, 0) is 31.3 Å². The highest BCUT2D eigenvalue weighted by Gasteiger charge is 2.02. The molecule has 0 atom stereocenters. The number of halogens is 1. The van der Waals surface area contributed by atoms with Crippen molar-refractivity contribution < 1.29 is 0 Å². The number of aliphatic imine (C=N–C) groups is 1. The summed E-state index contributed by atoms with van der Waals surface area (Å²) in [4.78, 5) is 6.43. The lowest BCUT2D eigenvalue weighted by Gasteiger charge is -2.14. The van der Waals surface area contributed by atoms with Crippen molar-refractivity contribution in [2.24, 2.45) is 12.0 Å². The molecule has 6 nitrogen and oxygen atoms in total. The standard InChI is InChI=1S/C17H26N6.HI/c1-18-17(20-12-16-8-9-21-23(16)4)19-11-14-6-5-7-15(10-14)13-22(2)3;/h5-10H,11-13H2,1-4H3,(H2,18,19,20);1H. The summed E-state index contributed by atoms with van der Waals surface area (Å²) in [5, 5.41) is 10.8. The molecular formula is C17H27IN6. The van der Waals surface area contributed by atoms with Crippen LogP contribution in [0.2, 0.25) is 0 Å². The van der Waals surface area contributed by atoms with Crippen LogP contribution in [0.5, 0.6) is 0 Å². The third kappa shape index (κ3) is 6.48. The second-order valence-corrected chi connectivity index (χ2v) is 5.78. The quantitative estimate of drug-likeness (QED) is 0.408. The van der Waals surface area contributed by atoms with E-state index in [0.717, 1.165) is 24.7 Å². The molecule has 2 aromatic rings. The number of aromatic nitrogens is 2. The lowest BCUT2D eigenvalue weighted by molar-refractivity contribution is 0.402. The zero-order valence-corrected chi connectivity index (χ0v) is 17.1. The maximum Gasteiger partial charge on any atom is 0.191 e. The van der Waals surface area contributed by atoms with E-state index in [1.807, 2.05) is 17.8 Å². The van der Waals surface area contributed by atoms with Gasteiger partial charge in [0.05, 0.1) is 12.2 Å². The molecule has 7 heteroatoms. The van der Waals surface area contributed by atoms with Gasteiger partial charge in [0.25, 0.3) is 0 Å². The van der Waals surface area contributed by atoms with E-state index >= 15 is 0 Å². The van der Waals surface area contributed by atoms with Gasteiger partial charge in [-0.2, -0.15) is 5.10 Å². The van der Waals surface area contributed by atoms with E-state index in [1.165, 1.54) is 11.1 Å². The molecule has 24 heavy (non-hydrogen) atoms. The summed E-state index contributed by atoms with van der Waals surface area (Å²) < 4.78 is 1.85. The number of hydrogen-bond acceptors (Lipinski definition) is 3. The molecule has 132 valence electrons. The molecule has 0 fully saturated rings. The van der Waals surface area contributed by atoms with Crippen LogP contribution >= 0.6 is 24.0 Å². The van der Waals surface area contributed by atoms with Gasteiger partial charge in [-0.3, -0.25) is 9.67 Å². The maximum absolute atomic E-state index is 4.26. The molecule has 0 aliphatic carbocycles. The monoisotopic (exact) mass is 442 g/mol. The van der Waals surface area contributed by atoms with Crippen LogP contribution in [0, 0.1) is 0 Å². The third-order valence-corrected chi connectivity index (χ3v) is 3.53. The Morgan fingerprint density at radius 3 is 2.50 bits per heavy atom. The molecule has 0 aliphatic rings. The second kappa shape index (κ2) is 10.3. The Morgan fingerprint density at radius 1 is 1.17 bits per heavy atom. The van der Waals surface area contributed by atoms with Crippen LogP contribution < -0.4 is 10.6 Å². The fraction of sp³-hybridized carbons (Fsp3) is 0.412. The van der Waals surface area contributed by atoms with E-state index in [0.29, 0.717) is 6.54 Å². The Morgan fingerprint density at radius 2 is 1.88 bits per heavy atom. The normalized spacial score (nSPS) is 11.3. The van der Waals surface area contributed by atoms with Crippen molar-refractivity contribution in [3.8, 4) is 0 Å². The van der Waals surface area contributed by atoms with Crippen LogP contribution in [-0.2, 0) is 26.7 Å². The van der Waals surface area contributed by atoms with Crippen LogP contribution in [0.25, 0.3) is 0 Å². The predicted octanol–water partition coefficient (Wildman–Crippen LogP) is 1.96. The summed E-state index contributed by atoms with van der Waals surface area (Å²) in [7, 11) is 7.87. The zero-order chi connectivity index (χ0) is 16.7. The number of benzene rings is 1. The number of nitrogens with one attached hydrogen (secondary N) is 2. The first-order chi connectivity index (χ1) is 11.1. The molecule has 2 rings (SSSR count). The van der Waals surface area contributed by atoms with Crippen molar-refractivity contribution in [2.45, 2.75) is 19.6 Å². The molecule has 1 aromatic carbocycles. The molecule has 0 radical (unpaired) electrons. The third-order valence-electron chi connectivity index (χ3n) is 3.53. The first kappa shape index (κ1) is 20.4. The van der Waals surface area contributed by atoms with E-state index in [9.17, 15) is 0 Å². The number of rotatable bonds is 6. The summed E-state index contributed by atoms with van der Waals surface area (Å²) in [5.74, 6) is 0.782. The van der Waals surface area contributed by atoms with E-state index in [4.69, 9.17) is 0 Å². The van der Waals surface area contributed by atoms with Gasteiger partial charge < -0.3 is 15.5 Å². The van der Waals surface area contributed by atoms with E-state index in [1.54, 1.807) is 13.2 Å². The lowest BCUT2D eigenvalue weighted by atomic mass is 10.1. The number of guanidine groups is 1. The average Bonchev–Trinajstić information content (AvgIpc) is 2.92. The Hall–Kier alpha value is -1.61. The topological polar surface area (TPSA) is 57.5 Å². The first-order valence-electron chi connectivity index (χ1n) is 7.72. The number of nitrogens with zero attached hydrogens (tertiary/aromatic N) is 4. The summed E-state index contributed by atoms with van der Waals surface area (Å²) in [6.45, 7) is 2.38. The van der Waals surface area contributed by atoms with Crippen molar-refractivity contribution >= 4 is 29.9 Å². The van der Waals surface area contributed by atoms with Crippen molar-refractivity contribution in [1.29, 1.82) is 0 Å². The Bertz CT molecular complexity index is 650. The molecule has 0 spiro atoms. The van der Waals surface area contributed by atoms with Crippen LogP contribution in [0.4, 0.5) is 0 Å². The van der Waals surface area contributed by atoms with Crippen molar-refractivity contribution in [2.75, 3.05) is 21.1 Å². The molecule has 0 unspecified atom stereocenters. The maximum atomic E-state index is 4.26. The molecule has 0 bridgehead atoms. The predicted molar refractivity (Wildman–Crippen MR) is 109 cm³/mol. The smallest absolute Gasteiger partial charge is 0.191 e. The summed E-state index contributed by atoms with van der Waals surface area (Å²) in [5.41, 5.74) is 3.67. The highest BCUT2D eigenvalue weighted by Crippen LogP contribution is 2.07. The minimum absolute atomic E-state index is 0. The van der Waals surface area contributed by atoms with E-state index in [-0.39, 0.29) is 24.0 Å². The Kier molecular flexibility index (Phi) is 8.77. The van der Waals surface area contributed by atoms with E-state index in [2.05, 4.69) is 64.0 Å². The van der Waals surface area contributed by atoms with Gasteiger partial charge in [-0.25, -0.2) is 0 Å². The second-order valence-electron chi connectivity index (χ2n) is 5.78. The highest BCUT2D eigenvalue weighted by molar-refractivity contribution is 14.0. The molecule has 1 aromatic heterocycles. The minimum Gasteiger partial charge on any atom is -0.352 e. The number of hydrogen-bond donors (Lipinski definition) is 2.